The third-order valence-electron chi connectivity index (χ3n) is 4.78. The molecule has 1 aliphatic rings. The van der Waals surface area contributed by atoms with Gasteiger partial charge in [0.2, 0.25) is 0 Å². The highest BCUT2D eigenvalue weighted by atomic mass is 19.1. The van der Waals surface area contributed by atoms with Crippen LogP contribution in [-0.2, 0) is 0 Å². The maximum Gasteiger partial charge on any atom is 0.127 e. The molecule has 146 valence electrons. The number of nitrogens with zero attached hydrogens (tertiary/aromatic N) is 2. The van der Waals surface area contributed by atoms with Crippen LogP contribution < -0.4 is 4.74 Å². The molecule has 4 heteroatoms. The predicted molar refractivity (Wildman–Crippen MR) is 114 cm³/mol. The Labute approximate surface area is 166 Å². The van der Waals surface area contributed by atoms with Gasteiger partial charge in [-0.2, -0.15) is 0 Å². The van der Waals surface area contributed by atoms with Gasteiger partial charge in [-0.05, 0) is 68.7 Å². The van der Waals surface area contributed by atoms with Gasteiger partial charge in [-0.15, -0.1) is 0 Å². The van der Waals surface area contributed by atoms with E-state index in [9.17, 15) is 4.39 Å². The van der Waals surface area contributed by atoms with E-state index in [0.29, 0.717) is 5.56 Å². The second kappa shape index (κ2) is 8.01. The zero-order chi connectivity index (χ0) is 20.3. The van der Waals surface area contributed by atoms with Crippen LogP contribution in [0.4, 0.5) is 4.39 Å². The van der Waals surface area contributed by atoms with E-state index in [4.69, 9.17) is 4.74 Å². The molecule has 1 heterocycles. The number of benzene rings is 2. The summed E-state index contributed by atoms with van der Waals surface area (Å²) in [6.45, 7) is 7.79. The fourth-order valence-corrected chi connectivity index (χ4v) is 3.37. The molecule has 0 N–H and O–H groups in total. The van der Waals surface area contributed by atoms with Crippen molar-refractivity contribution in [2.24, 2.45) is 4.99 Å². The lowest BCUT2D eigenvalue weighted by atomic mass is 9.93. The standard InChI is InChI=1S/C24H27FN2O/c1-6-13-26-16-27(5)23(19-7-9-21(25)17(2)14-19)20-8-10-22-18(15-20)11-12-24(3,4)28-22/h6-16,23H,1-5H3. The Morgan fingerprint density at radius 3 is 2.57 bits per heavy atom. The van der Waals surface area contributed by atoms with Gasteiger partial charge < -0.3 is 9.64 Å². The van der Waals surface area contributed by atoms with E-state index in [1.54, 1.807) is 19.5 Å². The molecule has 3 rings (SSSR count). The van der Waals surface area contributed by atoms with Crippen LogP contribution in [0.2, 0.25) is 0 Å². The van der Waals surface area contributed by atoms with Crippen molar-refractivity contribution in [3.05, 3.63) is 82.8 Å². The highest BCUT2D eigenvalue weighted by Gasteiger charge is 2.24. The van der Waals surface area contributed by atoms with Crippen LogP contribution in [0, 0.1) is 12.7 Å². The minimum Gasteiger partial charge on any atom is -0.483 e. The molecule has 0 spiro atoms. The van der Waals surface area contributed by atoms with Crippen molar-refractivity contribution in [3.8, 4) is 5.75 Å². The first-order chi connectivity index (χ1) is 13.3. The van der Waals surface area contributed by atoms with Gasteiger partial charge in [-0.1, -0.05) is 30.4 Å². The molecule has 0 bridgehead atoms. The first-order valence-corrected chi connectivity index (χ1v) is 9.45. The Balaban J connectivity index is 2.05. The summed E-state index contributed by atoms with van der Waals surface area (Å²) in [4.78, 5) is 6.35. The van der Waals surface area contributed by atoms with Gasteiger partial charge >= 0.3 is 0 Å². The van der Waals surface area contributed by atoms with Crippen molar-refractivity contribution in [2.45, 2.75) is 39.3 Å². The summed E-state index contributed by atoms with van der Waals surface area (Å²) in [5.41, 5.74) is 3.46. The lowest BCUT2D eigenvalue weighted by Gasteiger charge is -2.31. The quantitative estimate of drug-likeness (QED) is 0.478. The summed E-state index contributed by atoms with van der Waals surface area (Å²) < 4.78 is 19.9. The average molecular weight is 378 g/mol. The number of aryl methyl sites for hydroxylation is 1. The fraction of sp³-hybridized carbons (Fsp3) is 0.292. The Bertz CT molecular complexity index is 944. The van der Waals surface area contributed by atoms with Gasteiger partial charge in [-0.3, -0.25) is 0 Å². The highest BCUT2D eigenvalue weighted by molar-refractivity contribution is 5.64. The summed E-state index contributed by atoms with van der Waals surface area (Å²) in [6.07, 6.45) is 9.58. The minimum atomic E-state index is -0.308. The van der Waals surface area contributed by atoms with Crippen LogP contribution in [-0.4, -0.2) is 23.9 Å². The molecule has 1 aliphatic heterocycles. The Hall–Kier alpha value is -2.88. The minimum absolute atomic E-state index is 0.0954. The van der Waals surface area contributed by atoms with Gasteiger partial charge in [0, 0.05) is 18.8 Å². The van der Waals surface area contributed by atoms with E-state index in [2.05, 4.69) is 29.3 Å². The van der Waals surface area contributed by atoms with E-state index >= 15 is 0 Å². The maximum absolute atomic E-state index is 13.8. The van der Waals surface area contributed by atoms with Crippen LogP contribution in [0.25, 0.3) is 6.08 Å². The summed E-state index contributed by atoms with van der Waals surface area (Å²) in [6, 6.07) is 11.4. The monoisotopic (exact) mass is 378 g/mol. The molecule has 0 saturated carbocycles. The molecule has 2 aromatic carbocycles. The van der Waals surface area contributed by atoms with Crippen LogP contribution in [0.5, 0.6) is 5.75 Å². The van der Waals surface area contributed by atoms with Crippen molar-refractivity contribution in [3.63, 3.8) is 0 Å². The summed E-state index contributed by atoms with van der Waals surface area (Å²) >= 11 is 0. The van der Waals surface area contributed by atoms with Crippen LogP contribution in [0.15, 0.2) is 59.7 Å². The number of hydrogen-bond acceptors (Lipinski definition) is 2. The molecule has 3 nitrogen and oxygen atoms in total. The van der Waals surface area contributed by atoms with Gasteiger partial charge in [-0.25, -0.2) is 9.38 Å². The van der Waals surface area contributed by atoms with E-state index < -0.39 is 0 Å². The number of rotatable bonds is 5. The maximum atomic E-state index is 13.8. The van der Waals surface area contributed by atoms with Crippen molar-refractivity contribution >= 4 is 12.4 Å². The number of aliphatic imine (C=N–C) groups is 1. The van der Waals surface area contributed by atoms with Crippen molar-refractivity contribution in [1.29, 1.82) is 0 Å². The Morgan fingerprint density at radius 1 is 1.14 bits per heavy atom. The molecule has 2 aromatic rings. The molecule has 0 amide bonds. The van der Waals surface area contributed by atoms with E-state index in [1.165, 1.54) is 6.07 Å². The molecule has 0 aliphatic carbocycles. The third-order valence-corrected chi connectivity index (χ3v) is 4.78. The largest absolute Gasteiger partial charge is 0.483 e. The Morgan fingerprint density at radius 2 is 1.86 bits per heavy atom. The van der Waals surface area contributed by atoms with Crippen LogP contribution in [0.3, 0.4) is 0 Å². The van der Waals surface area contributed by atoms with Gasteiger partial charge in [0.1, 0.15) is 17.2 Å². The van der Waals surface area contributed by atoms with Gasteiger partial charge in [0.25, 0.3) is 0 Å². The van der Waals surface area contributed by atoms with Crippen LogP contribution >= 0.6 is 0 Å². The zero-order valence-corrected chi connectivity index (χ0v) is 17.1. The molecule has 0 radical (unpaired) electrons. The number of fused-ring (bicyclic) bond motifs is 1. The highest BCUT2D eigenvalue weighted by Crippen LogP contribution is 2.35. The molecular formula is C24H27FN2O. The third kappa shape index (κ3) is 4.33. The molecule has 1 atom stereocenters. The van der Waals surface area contributed by atoms with E-state index in [0.717, 1.165) is 22.4 Å². The normalized spacial score (nSPS) is 16.2. The second-order valence-electron chi connectivity index (χ2n) is 7.66. The first kappa shape index (κ1) is 19.9. The average Bonchev–Trinajstić information content (AvgIpc) is 2.64. The first-order valence-electron chi connectivity index (χ1n) is 9.45. The lowest BCUT2D eigenvalue weighted by Crippen LogP contribution is -2.28. The molecule has 0 aromatic heterocycles. The Kier molecular flexibility index (Phi) is 5.68. The smallest absolute Gasteiger partial charge is 0.127 e. The topological polar surface area (TPSA) is 24.8 Å². The molecular weight excluding hydrogens is 351 g/mol. The number of halogens is 1. The van der Waals surface area contributed by atoms with Crippen LogP contribution in [0.1, 0.15) is 49.1 Å². The van der Waals surface area contributed by atoms with E-state index in [-0.39, 0.29) is 17.5 Å². The SMILES string of the molecule is CC=CN=CN(C)C(c1ccc(F)c(C)c1)c1ccc2c(c1)C=CC(C)(C)O2. The number of hydrogen-bond donors (Lipinski definition) is 0. The number of ether oxygens (including phenoxy) is 1. The lowest BCUT2D eigenvalue weighted by molar-refractivity contribution is 0.159. The number of allylic oxidation sites excluding steroid dienone is 1. The summed E-state index contributed by atoms with van der Waals surface area (Å²) in [5.74, 6) is 0.673. The zero-order valence-electron chi connectivity index (χ0n) is 17.1. The van der Waals surface area contributed by atoms with E-state index in [1.807, 2.05) is 57.0 Å². The summed E-state index contributed by atoms with van der Waals surface area (Å²) in [5, 5.41) is 0. The van der Waals surface area contributed by atoms with Crippen molar-refractivity contribution in [2.75, 3.05) is 7.05 Å². The van der Waals surface area contributed by atoms with Gasteiger partial charge in [0.05, 0.1) is 12.4 Å². The molecule has 1 unspecified atom stereocenters. The van der Waals surface area contributed by atoms with Crippen molar-refractivity contribution < 1.29 is 9.13 Å². The van der Waals surface area contributed by atoms with Gasteiger partial charge in [0.15, 0.2) is 0 Å². The van der Waals surface area contributed by atoms with Crippen molar-refractivity contribution in [1.82, 2.24) is 4.90 Å². The molecule has 0 saturated heterocycles. The fourth-order valence-electron chi connectivity index (χ4n) is 3.37. The predicted octanol–water partition coefficient (Wildman–Crippen LogP) is 5.90. The summed E-state index contributed by atoms with van der Waals surface area (Å²) in [7, 11) is 1.98. The molecule has 0 fully saturated rings. The molecule has 28 heavy (non-hydrogen) atoms. The second-order valence-corrected chi connectivity index (χ2v) is 7.66.